The van der Waals surface area contributed by atoms with Crippen LogP contribution < -0.4 is 15.8 Å². The fourth-order valence-corrected chi connectivity index (χ4v) is 5.97. The lowest BCUT2D eigenvalue weighted by Gasteiger charge is -2.26. The summed E-state index contributed by atoms with van der Waals surface area (Å²) in [6.45, 7) is 2.06. The molecule has 0 atom stereocenters. The third-order valence-electron chi connectivity index (χ3n) is 6.41. The van der Waals surface area contributed by atoms with Crippen molar-refractivity contribution in [1.29, 1.82) is 0 Å². The van der Waals surface area contributed by atoms with Gasteiger partial charge in [-0.15, -0.1) is 0 Å². The number of nitrogens with zero attached hydrogens (tertiary/aromatic N) is 3. The van der Waals surface area contributed by atoms with Crippen molar-refractivity contribution in [3.05, 3.63) is 59.2 Å². The summed E-state index contributed by atoms with van der Waals surface area (Å²) >= 11 is 6.05. The summed E-state index contributed by atoms with van der Waals surface area (Å²) in [5, 5.41) is 8.33. The molecule has 11 heteroatoms. The van der Waals surface area contributed by atoms with E-state index in [2.05, 4.69) is 27.1 Å². The zero-order valence-corrected chi connectivity index (χ0v) is 21.3. The Morgan fingerprint density at radius 3 is 2.67 bits per heavy atom. The Morgan fingerprint density at radius 2 is 1.92 bits per heavy atom. The molecule has 0 bridgehead atoms. The van der Waals surface area contributed by atoms with E-state index in [4.69, 9.17) is 26.8 Å². The molecule has 0 unspecified atom stereocenters. The Morgan fingerprint density at radius 1 is 1.14 bits per heavy atom. The van der Waals surface area contributed by atoms with Crippen LogP contribution in [-0.2, 0) is 16.4 Å². The van der Waals surface area contributed by atoms with Gasteiger partial charge in [-0.25, -0.2) is 18.4 Å². The van der Waals surface area contributed by atoms with Crippen molar-refractivity contribution in [3.8, 4) is 11.3 Å². The molecule has 1 aliphatic carbocycles. The third-order valence-corrected chi connectivity index (χ3v) is 8.26. The van der Waals surface area contributed by atoms with Gasteiger partial charge in [-0.1, -0.05) is 35.8 Å². The quantitative estimate of drug-likeness (QED) is 0.306. The van der Waals surface area contributed by atoms with E-state index in [1.54, 1.807) is 24.4 Å². The number of aryl methyl sites for hydroxylation is 1. The number of fused-ring (bicyclic) bond motifs is 1. The molecule has 0 spiro atoms. The molecule has 5 rings (SSSR count). The summed E-state index contributed by atoms with van der Waals surface area (Å²) in [5.74, 6) is 1.09. The van der Waals surface area contributed by atoms with E-state index in [9.17, 15) is 8.42 Å². The maximum Gasteiger partial charge on any atom is 0.264 e. The van der Waals surface area contributed by atoms with Gasteiger partial charge < -0.3 is 15.6 Å². The highest BCUT2D eigenvalue weighted by atomic mass is 35.5. The molecular formula is C25H27ClN6O3S. The SMILES string of the molecule is CCc1cc(-c2cc(NS(=O)(=O)c3ccccc3Cl)no2)cc2cnc(N[C@H]3CC[C@H](N)CC3)nc12. The van der Waals surface area contributed by atoms with Crippen molar-refractivity contribution < 1.29 is 12.9 Å². The number of nitrogens with one attached hydrogen (secondary N) is 2. The molecule has 1 fully saturated rings. The van der Waals surface area contributed by atoms with Gasteiger partial charge in [0.2, 0.25) is 5.95 Å². The first-order valence-electron chi connectivity index (χ1n) is 11.9. The number of rotatable bonds is 7. The average molecular weight is 527 g/mol. The first-order valence-corrected chi connectivity index (χ1v) is 13.7. The molecule has 9 nitrogen and oxygen atoms in total. The van der Waals surface area contributed by atoms with Crippen LogP contribution in [-0.4, -0.2) is 35.6 Å². The van der Waals surface area contributed by atoms with Crippen LogP contribution in [0.4, 0.5) is 11.8 Å². The van der Waals surface area contributed by atoms with Crippen molar-refractivity contribution in [3.63, 3.8) is 0 Å². The summed E-state index contributed by atoms with van der Waals surface area (Å²) in [6.07, 6.45) is 6.57. The second kappa shape index (κ2) is 10.0. The van der Waals surface area contributed by atoms with E-state index in [1.807, 2.05) is 12.1 Å². The van der Waals surface area contributed by atoms with Crippen LogP contribution in [0, 0.1) is 0 Å². The van der Waals surface area contributed by atoms with E-state index < -0.39 is 10.0 Å². The van der Waals surface area contributed by atoms with Gasteiger partial charge in [0.25, 0.3) is 10.0 Å². The van der Waals surface area contributed by atoms with Crippen LogP contribution in [0.2, 0.25) is 5.02 Å². The molecule has 0 radical (unpaired) electrons. The number of sulfonamides is 1. The second-order valence-electron chi connectivity index (χ2n) is 8.99. The smallest absolute Gasteiger partial charge is 0.264 e. The number of anilines is 2. The summed E-state index contributed by atoms with van der Waals surface area (Å²) < 4.78 is 33.3. The van der Waals surface area contributed by atoms with E-state index in [1.165, 1.54) is 12.1 Å². The van der Waals surface area contributed by atoms with E-state index in [-0.39, 0.29) is 21.8 Å². The van der Waals surface area contributed by atoms with Gasteiger partial charge in [0, 0.05) is 35.3 Å². The van der Waals surface area contributed by atoms with Crippen LogP contribution in [0.15, 0.2) is 58.1 Å². The molecular weight excluding hydrogens is 500 g/mol. The minimum absolute atomic E-state index is 0.0344. The fourth-order valence-electron chi connectivity index (χ4n) is 4.46. The highest BCUT2D eigenvalue weighted by molar-refractivity contribution is 7.92. The molecule has 4 N–H and O–H groups in total. The number of nitrogens with two attached hydrogens (primary N) is 1. The molecule has 36 heavy (non-hydrogen) atoms. The molecule has 0 amide bonds. The number of hydrogen-bond acceptors (Lipinski definition) is 8. The zero-order valence-electron chi connectivity index (χ0n) is 19.7. The second-order valence-corrected chi connectivity index (χ2v) is 11.0. The van der Waals surface area contributed by atoms with Gasteiger partial charge in [0.05, 0.1) is 10.5 Å². The van der Waals surface area contributed by atoms with Gasteiger partial charge in [-0.3, -0.25) is 4.72 Å². The minimum Gasteiger partial charge on any atom is -0.354 e. The lowest BCUT2D eigenvalue weighted by Crippen LogP contribution is -2.33. The van der Waals surface area contributed by atoms with Crippen LogP contribution in [0.3, 0.4) is 0 Å². The molecule has 188 valence electrons. The van der Waals surface area contributed by atoms with Crippen LogP contribution in [0.5, 0.6) is 0 Å². The van der Waals surface area contributed by atoms with Gasteiger partial charge >= 0.3 is 0 Å². The number of aromatic nitrogens is 3. The van der Waals surface area contributed by atoms with Crippen molar-refractivity contribution in [2.45, 2.75) is 56.0 Å². The van der Waals surface area contributed by atoms with E-state index >= 15 is 0 Å². The largest absolute Gasteiger partial charge is 0.354 e. The first kappa shape index (κ1) is 24.5. The Bertz CT molecular complexity index is 1500. The summed E-state index contributed by atoms with van der Waals surface area (Å²) in [6, 6.07) is 12.2. The van der Waals surface area contributed by atoms with Crippen molar-refractivity contribution >= 4 is 44.3 Å². The highest BCUT2D eigenvalue weighted by Crippen LogP contribution is 2.31. The minimum atomic E-state index is -3.92. The lowest BCUT2D eigenvalue weighted by atomic mass is 9.92. The van der Waals surface area contributed by atoms with Gasteiger partial charge in [-0.05, 0) is 61.9 Å². The summed E-state index contributed by atoms with van der Waals surface area (Å²) in [4.78, 5) is 9.27. The molecule has 0 aliphatic heterocycles. The lowest BCUT2D eigenvalue weighted by molar-refractivity contribution is 0.410. The maximum atomic E-state index is 12.7. The van der Waals surface area contributed by atoms with Crippen molar-refractivity contribution in [1.82, 2.24) is 15.1 Å². The number of halogens is 1. The van der Waals surface area contributed by atoms with Crippen LogP contribution in [0.25, 0.3) is 22.2 Å². The topological polar surface area (TPSA) is 136 Å². The third kappa shape index (κ3) is 5.16. The molecule has 0 saturated heterocycles. The van der Waals surface area contributed by atoms with Crippen LogP contribution in [0.1, 0.15) is 38.2 Å². The van der Waals surface area contributed by atoms with E-state index in [0.29, 0.717) is 17.8 Å². The van der Waals surface area contributed by atoms with Crippen molar-refractivity contribution in [2.24, 2.45) is 5.73 Å². The summed E-state index contributed by atoms with van der Waals surface area (Å²) in [7, 11) is -3.92. The zero-order chi connectivity index (χ0) is 25.3. The fraction of sp³-hybridized carbons (Fsp3) is 0.320. The first-order chi connectivity index (χ1) is 17.3. The molecule has 2 aromatic heterocycles. The molecule has 1 saturated carbocycles. The average Bonchev–Trinajstić information content (AvgIpc) is 3.32. The molecule has 4 aromatic rings. The molecule has 2 heterocycles. The Kier molecular flexibility index (Phi) is 6.83. The van der Waals surface area contributed by atoms with Crippen LogP contribution >= 0.6 is 11.6 Å². The Balaban J connectivity index is 1.39. The van der Waals surface area contributed by atoms with Gasteiger partial charge in [0.1, 0.15) is 4.90 Å². The highest BCUT2D eigenvalue weighted by Gasteiger charge is 2.21. The molecule has 1 aliphatic rings. The Labute approximate surface area is 214 Å². The standard InChI is InChI=1S/C25H27ClN6O3S/c1-2-15-11-16(12-17-14-28-25(30-24(15)17)29-19-9-7-18(27)8-10-19)21-13-23(31-35-21)32-36(33,34)22-6-4-3-5-20(22)26/h3-6,11-14,18-19H,2,7-10,27H2,1H3,(H,31,32)(H,28,29,30)/t18-,19-. The Hall–Kier alpha value is -3.21. The number of benzene rings is 2. The predicted octanol–water partition coefficient (Wildman–Crippen LogP) is 4.98. The van der Waals surface area contributed by atoms with Gasteiger partial charge in [0.15, 0.2) is 11.6 Å². The normalized spacial score (nSPS) is 18.3. The monoisotopic (exact) mass is 526 g/mol. The summed E-state index contributed by atoms with van der Waals surface area (Å²) in [5.41, 5.74) is 8.66. The van der Waals surface area contributed by atoms with Crippen molar-refractivity contribution in [2.75, 3.05) is 10.0 Å². The predicted molar refractivity (Wildman–Crippen MR) is 141 cm³/mol. The van der Waals surface area contributed by atoms with Gasteiger partial charge in [-0.2, -0.15) is 0 Å². The maximum absolute atomic E-state index is 12.7. The molecule has 2 aromatic carbocycles. The van der Waals surface area contributed by atoms with E-state index in [0.717, 1.165) is 54.1 Å². The number of hydrogen-bond donors (Lipinski definition) is 3.